The van der Waals surface area contributed by atoms with Crippen molar-refractivity contribution in [3.8, 4) is 0 Å². The van der Waals surface area contributed by atoms with Gasteiger partial charge in [-0.25, -0.2) is 0 Å². The fourth-order valence-electron chi connectivity index (χ4n) is 1.48. The Balaban J connectivity index is 2.32. The van der Waals surface area contributed by atoms with Gasteiger partial charge in [-0.2, -0.15) is 0 Å². The third-order valence-electron chi connectivity index (χ3n) is 2.61. The van der Waals surface area contributed by atoms with Gasteiger partial charge in [0, 0.05) is 30.0 Å². The molecule has 0 saturated carbocycles. The molecule has 0 atom stereocenters. The smallest absolute Gasteiger partial charge is 0.269 e. The van der Waals surface area contributed by atoms with Crippen LogP contribution in [0.2, 0.25) is 0 Å². The van der Waals surface area contributed by atoms with Gasteiger partial charge in [0.15, 0.2) is 0 Å². The molecule has 0 unspecified atom stereocenters. The summed E-state index contributed by atoms with van der Waals surface area (Å²) in [5.74, 6) is 0. The number of nitro benzene ring substituents is 1. The summed E-state index contributed by atoms with van der Waals surface area (Å²) in [4.78, 5) is 10.2. The Hall–Kier alpha value is -1.66. The summed E-state index contributed by atoms with van der Waals surface area (Å²) in [7, 11) is 0. The number of anilines is 1. The van der Waals surface area contributed by atoms with Gasteiger partial charge in [0.1, 0.15) is 0 Å². The van der Waals surface area contributed by atoms with E-state index < -0.39 is 4.92 Å². The normalized spacial score (nSPS) is 10.6. The highest BCUT2D eigenvalue weighted by Gasteiger charge is 2.08. The lowest BCUT2D eigenvalue weighted by Gasteiger charge is -2.07. The summed E-state index contributed by atoms with van der Waals surface area (Å²) in [6.45, 7) is 4.06. The van der Waals surface area contributed by atoms with E-state index in [0.717, 1.165) is 19.4 Å². The molecule has 1 aromatic carbocycles. The molecular weight excluding hydrogens is 248 g/mol. The molecule has 0 fully saturated rings. The number of nitrogens with two attached hydrogens (primary N) is 1. The maximum atomic E-state index is 10.6. The first-order valence-electron chi connectivity index (χ1n) is 6.33. The van der Waals surface area contributed by atoms with Crippen molar-refractivity contribution in [2.45, 2.75) is 26.4 Å². The van der Waals surface area contributed by atoms with Crippen molar-refractivity contribution in [2.24, 2.45) is 0 Å². The monoisotopic (exact) mass is 268 g/mol. The van der Waals surface area contributed by atoms with Crippen LogP contribution in [0.4, 0.5) is 11.4 Å². The molecule has 0 radical (unpaired) electrons. The van der Waals surface area contributed by atoms with Gasteiger partial charge in [-0.1, -0.05) is 13.3 Å². The molecule has 6 nitrogen and oxygen atoms in total. The molecule has 0 aliphatic heterocycles. The predicted octanol–water partition coefficient (Wildman–Crippen LogP) is 2.51. The van der Waals surface area contributed by atoms with Crippen LogP contribution in [0.5, 0.6) is 0 Å². The van der Waals surface area contributed by atoms with Crippen LogP contribution in [-0.4, -0.2) is 24.7 Å². The van der Waals surface area contributed by atoms with Gasteiger partial charge in [0.25, 0.3) is 5.69 Å². The van der Waals surface area contributed by atoms with Gasteiger partial charge in [-0.15, -0.1) is 0 Å². The second-order valence-electron chi connectivity index (χ2n) is 4.16. The summed E-state index contributed by atoms with van der Waals surface area (Å²) in [6, 6.07) is 4.34. The minimum atomic E-state index is -0.448. The van der Waals surface area contributed by atoms with E-state index in [4.69, 9.17) is 15.2 Å². The maximum absolute atomic E-state index is 10.6. The Bertz CT molecular complexity index is 410. The lowest BCUT2D eigenvalue weighted by atomic mass is 10.2. The Labute approximate surface area is 112 Å². The SMILES string of the molecule is CCCCOCCOCc1cc([N+](=O)[O-])ccc1N. The van der Waals surface area contributed by atoms with E-state index in [1.54, 1.807) is 0 Å². The minimum Gasteiger partial charge on any atom is -0.398 e. The van der Waals surface area contributed by atoms with Crippen molar-refractivity contribution in [1.29, 1.82) is 0 Å². The molecule has 0 bridgehead atoms. The molecule has 2 N–H and O–H groups in total. The van der Waals surface area contributed by atoms with Crippen molar-refractivity contribution < 1.29 is 14.4 Å². The number of rotatable bonds is 9. The van der Waals surface area contributed by atoms with E-state index in [0.29, 0.717) is 24.5 Å². The molecule has 0 aliphatic carbocycles. The predicted molar refractivity (Wildman–Crippen MR) is 72.9 cm³/mol. The maximum Gasteiger partial charge on any atom is 0.269 e. The molecular formula is C13H20N2O4. The van der Waals surface area contributed by atoms with Crippen LogP contribution in [0, 0.1) is 10.1 Å². The van der Waals surface area contributed by atoms with E-state index >= 15 is 0 Å². The minimum absolute atomic E-state index is 0.0204. The van der Waals surface area contributed by atoms with Gasteiger partial charge >= 0.3 is 0 Å². The molecule has 0 spiro atoms. The number of ether oxygens (including phenoxy) is 2. The summed E-state index contributed by atoms with van der Waals surface area (Å²) in [5.41, 5.74) is 6.88. The Kier molecular flexibility index (Phi) is 6.84. The number of benzene rings is 1. The van der Waals surface area contributed by atoms with E-state index in [1.165, 1.54) is 18.2 Å². The number of nitro groups is 1. The third-order valence-corrected chi connectivity index (χ3v) is 2.61. The van der Waals surface area contributed by atoms with Gasteiger partial charge in [0.2, 0.25) is 0 Å². The van der Waals surface area contributed by atoms with Gasteiger partial charge in [-0.3, -0.25) is 10.1 Å². The van der Waals surface area contributed by atoms with E-state index in [2.05, 4.69) is 6.92 Å². The summed E-state index contributed by atoms with van der Waals surface area (Å²) >= 11 is 0. The van der Waals surface area contributed by atoms with Crippen molar-refractivity contribution in [1.82, 2.24) is 0 Å². The van der Waals surface area contributed by atoms with Crippen LogP contribution in [0.3, 0.4) is 0 Å². The van der Waals surface area contributed by atoms with Crippen LogP contribution in [-0.2, 0) is 16.1 Å². The Morgan fingerprint density at radius 2 is 2.00 bits per heavy atom. The molecule has 0 amide bonds. The molecule has 1 aromatic rings. The van der Waals surface area contributed by atoms with Crippen molar-refractivity contribution in [2.75, 3.05) is 25.6 Å². The van der Waals surface area contributed by atoms with Crippen LogP contribution >= 0.6 is 0 Å². The molecule has 106 valence electrons. The zero-order valence-corrected chi connectivity index (χ0v) is 11.1. The highest BCUT2D eigenvalue weighted by molar-refractivity contribution is 5.52. The summed E-state index contributed by atoms with van der Waals surface area (Å²) < 4.78 is 10.7. The Morgan fingerprint density at radius 1 is 1.26 bits per heavy atom. The quantitative estimate of drug-likeness (QED) is 0.322. The second kappa shape index (κ2) is 8.44. The number of unbranched alkanes of at least 4 members (excludes halogenated alkanes) is 1. The van der Waals surface area contributed by atoms with E-state index in [1.807, 2.05) is 0 Å². The molecule has 6 heteroatoms. The first-order valence-corrected chi connectivity index (χ1v) is 6.33. The molecule has 0 saturated heterocycles. The van der Waals surface area contributed by atoms with Crippen LogP contribution < -0.4 is 5.73 Å². The summed E-state index contributed by atoms with van der Waals surface area (Å²) in [6.07, 6.45) is 2.14. The van der Waals surface area contributed by atoms with Crippen molar-refractivity contribution in [3.63, 3.8) is 0 Å². The fourth-order valence-corrected chi connectivity index (χ4v) is 1.48. The number of hydrogen-bond donors (Lipinski definition) is 1. The third kappa shape index (κ3) is 5.67. The van der Waals surface area contributed by atoms with Crippen LogP contribution in [0.1, 0.15) is 25.3 Å². The molecule has 0 aliphatic rings. The highest BCUT2D eigenvalue weighted by atomic mass is 16.6. The number of hydrogen-bond acceptors (Lipinski definition) is 5. The van der Waals surface area contributed by atoms with E-state index in [9.17, 15) is 10.1 Å². The molecule has 0 aromatic heterocycles. The van der Waals surface area contributed by atoms with E-state index in [-0.39, 0.29) is 12.3 Å². The zero-order chi connectivity index (χ0) is 14.1. The lowest BCUT2D eigenvalue weighted by molar-refractivity contribution is -0.384. The van der Waals surface area contributed by atoms with Crippen LogP contribution in [0.25, 0.3) is 0 Å². The highest BCUT2D eigenvalue weighted by Crippen LogP contribution is 2.20. The molecule has 0 heterocycles. The first-order chi connectivity index (χ1) is 9.15. The van der Waals surface area contributed by atoms with Gasteiger partial charge in [-0.05, 0) is 12.5 Å². The fraction of sp³-hybridized carbons (Fsp3) is 0.538. The summed E-state index contributed by atoms with van der Waals surface area (Å²) in [5, 5.41) is 10.6. The number of non-ortho nitro benzene ring substituents is 1. The number of nitrogen functional groups attached to an aromatic ring is 1. The standard InChI is InChI=1S/C13H20N2O4/c1-2-3-6-18-7-8-19-10-11-9-12(15(16)17)4-5-13(11)14/h4-5,9H,2-3,6-8,10,14H2,1H3. The average Bonchev–Trinajstić information content (AvgIpc) is 2.39. The molecule has 1 rings (SSSR count). The van der Waals surface area contributed by atoms with Crippen molar-refractivity contribution in [3.05, 3.63) is 33.9 Å². The van der Waals surface area contributed by atoms with Crippen LogP contribution in [0.15, 0.2) is 18.2 Å². The lowest BCUT2D eigenvalue weighted by Crippen LogP contribution is -2.06. The second-order valence-corrected chi connectivity index (χ2v) is 4.16. The average molecular weight is 268 g/mol. The zero-order valence-electron chi connectivity index (χ0n) is 11.1. The first kappa shape index (κ1) is 15.4. The van der Waals surface area contributed by atoms with Gasteiger partial charge in [0.05, 0.1) is 24.7 Å². The largest absolute Gasteiger partial charge is 0.398 e. The van der Waals surface area contributed by atoms with Crippen molar-refractivity contribution >= 4 is 11.4 Å². The number of nitrogens with zero attached hydrogens (tertiary/aromatic N) is 1. The molecule has 19 heavy (non-hydrogen) atoms. The Morgan fingerprint density at radius 3 is 2.68 bits per heavy atom. The topological polar surface area (TPSA) is 87.6 Å². The van der Waals surface area contributed by atoms with Gasteiger partial charge < -0.3 is 15.2 Å².